The van der Waals surface area contributed by atoms with Gasteiger partial charge in [0.15, 0.2) is 5.78 Å². The first-order valence-corrected chi connectivity index (χ1v) is 9.91. The van der Waals surface area contributed by atoms with Crippen LogP contribution in [0.3, 0.4) is 0 Å². The van der Waals surface area contributed by atoms with Crippen LogP contribution in [0.5, 0.6) is 5.75 Å². The molecule has 1 aromatic heterocycles. The second-order valence-electron chi connectivity index (χ2n) is 6.24. The largest absolute Gasteiger partial charge is 0.497 e. The first-order valence-electron chi connectivity index (χ1n) is 9.03. The van der Waals surface area contributed by atoms with Crippen LogP contribution in [-0.4, -0.2) is 23.1 Å². The zero-order valence-electron chi connectivity index (χ0n) is 15.7. The maximum Gasteiger partial charge on any atom is 0.277 e. The van der Waals surface area contributed by atoms with Gasteiger partial charge >= 0.3 is 0 Å². The van der Waals surface area contributed by atoms with Gasteiger partial charge in [0.25, 0.3) is 5.22 Å². The summed E-state index contributed by atoms with van der Waals surface area (Å²) in [6.07, 6.45) is 0. The number of methoxy groups -OCH3 is 1. The number of aromatic nitrogens is 2. The lowest BCUT2D eigenvalue weighted by molar-refractivity contribution is 0.0989. The molecule has 144 valence electrons. The standard InChI is InChI=1S/C23H18N2O3S/c1-27-19-14-12-18(13-15-19)22-24-25-23(28-22)29-21(17-10-6-3-7-11-17)20(26)16-8-4-2-5-9-16/h2-15,21H,1H3. The van der Waals surface area contributed by atoms with Crippen molar-refractivity contribution in [3.63, 3.8) is 0 Å². The van der Waals surface area contributed by atoms with Crippen LogP contribution in [-0.2, 0) is 0 Å². The molecule has 6 heteroatoms. The number of benzene rings is 3. The molecule has 4 rings (SSSR count). The van der Waals surface area contributed by atoms with Crippen molar-refractivity contribution in [1.82, 2.24) is 10.2 Å². The fourth-order valence-electron chi connectivity index (χ4n) is 2.86. The number of carbonyl (C=O) groups excluding carboxylic acids is 1. The molecule has 0 fully saturated rings. The van der Waals surface area contributed by atoms with Gasteiger partial charge in [-0.15, -0.1) is 10.2 Å². The highest BCUT2D eigenvalue weighted by Crippen LogP contribution is 2.38. The van der Waals surface area contributed by atoms with E-state index in [9.17, 15) is 4.79 Å². The molecular weight excluding hydrogens is 384 g/mol. The topological polar surface area (TPSA) is 65.2 Å². The molecule has 0 aliphatic carbocycles. The lowest BCUT2D eigenvalue weighted by Crippen LogP contribution is -2.10. The fraction of sp³-hybridized carbons (Fsp3) is 0.0870. The van der Waals surface area contributed by atoms with Crippen LogP contribution in [0, 0.1) is 0 Å². The number of thioether (sulfide) groups is 1. The summed E-state index contributed by atoms with van der Waals surface area (Å²) >= 11 is 1.25. The van der Waals surface area contributed by atoms with Crippen molar-refractivity contribution in [2.75, 3.05) is 7.11 Å². The van der Waals surface area contributed by atoms with Crippen LogP contribution in [0.25, 0.3) is 11.5 Å². The van der Waals surface area contributed by atoms with E-state index in [0.717, 1.165) is 16.9 Å². The van der Waals surface area contributed by atoms with Gasteiger partial charge in [-0.2, -0.15) is 0 Å². The minimum Gasteiger partial charge on any atom is -0.497 e. The number of nitrogens with zero attached hydrogens (tertiary/aromatic N) is 2. The molecule has 0 N–H and O–H groups in total. The summed E-state index contributed by atoms with van der Waals surface area (Å²) < 4.78 is 11.0. The molecular formula is C23H18N2O3S. The number of rotatable bonds is 7. The molecule has 0 radical (unpaired) electrons. The zero-order chi connectivity index (χ0) is 20.1. The number of hydrogen-bond donors (Lipinski definition) is 0. The van der Waals surface area contributed by atoms with Crippen LogP contribution >= 0.6 is 11.8 Å². The van der Waals surface area contributed by atoms with Crippen LogP contribution in [0.15, 0.2) is 94.6 Å². The number of carbonyl (C=O) groups is 1. The number of ketones is 1. The van der Waals surface area contributed by atoms with Crippen molar-refractivity contribution in [3.8, 4) is 17.2 Å². The van der Waals surface area contributed by atoms with Gasteiger partial charge in [0.1, 0.15) is 11.0 Å². The van der Waals surface area contributed by atoms with Crippen LogP contribution in [0.4, 0.5) is 0 Å². The van der Waals surface area contributed by atoms with E-state index in [1.54, 1.807) is 7.11 Å². The Labute approximate surface area is 172 Å². The predicted molar refractivity (Wildman–Crippen MR) is 112 cm³/mol. The van der Waals surface area contributed by atoms with Crippen molar-refractivity contribution in [1.29, 1.82) is 0 Å². The summed E-state index contributed by atoms with van der Waals surface area (Å²) in [7, 11) is 1.61. The Hall–Kier alpha value is -3.38. The molecule has 29 heavy (non-hydrogen) atoms. The molecule has 0 aliphatic heterocycles. The summed E-state index contributed by atoms with van der Waals surface area (Å²) in [5, 5.41) is 8.13. The summed E-state index contributed by atoms with van der Waals surface area (Å²) in [4.78, 5) is 13.2. The second kappa shape index (κ2) is 8.75. The van der Waals surface area contributed by atoms with E-state index in [4.69, 9.17) is 9.15 Å². The van der Waals surface area contributed by atoms with E-state index < -0.39 is 5.25 Å². The van der Waals surface area contributed by atoms with Gasteiger partial charge in [0.2, 0.25) is 5.89 Å². The van der Waals surface area contributed by atoms with E-state index in [0.29, 0.717) is 16.7 Å². The van der Waals surface area contributed by atoms with Crippen LogP contribution < -0.4 is 4.74 Å². The highest BCUT2D eigenvalue weighted by Gasteiger charge is 2.26. The zero-order valence-corrected chi connectivity index (χ0v) is 16.5. The minimum absolute atomic E-state index is 0.00834. The molecule has 3 aromatic carbocycles. The Bertz CT molecular complexity index is 1080. The molecule has 0 spiro atoms. The van der Waals surface area contributed by atoms with Crippen molar-refractivity contribution >= 4 is 17.5 Å². The average molecular weight is 402 g/mol. The third-order valence-corrected chi connectivity index (χ3v) is 5.45. The van der Waals surface area contributed by atoms with Crippen LogP contribution in [0.1, 0.15) is 21.2 Å². The van der Waals surface area contributed by atoms with Crippen molar-refractivity contribution < 1.29 is 13.9 Å². The first-order chi connectivity index (χ1) is 14.2. The average Bonchev–Trinajstić information content (AvgIpc) is 3.27. The quantitative estimate of drug-likeness (QED) is 0.302. The maximum absolute atomic E-state index is 13.2. The highest BCUT2D eigenvalue weighted by molar-refractivity contribution is 8.00. The molecule has 0 saturated carbocycles. The van der Waals surface area contributed by atoms with Gasteiger partial charge in [0, 0.05) is 11.1 Å². The number of ether oxygens (including phenoxy) is 1. The lowest BCUT2D eigenvalue weighted by Gasteiger charge is -2.14. The van der Waals surface area contributed by atoms with Crippen molar-refractivity contribution in [2.45, 2.75) is 10.5 Å². The monoisotopic (exact) mass is 402 g/mol. The van der Waals surface area contributed by atoms with Gasteiger partial charge in [-0.05, 0) is 41.6 Å². The van der Waals surface area contributed by atoms with Gasteiger partial charge < -0.3 is 9.15 Å². The van der Waals surface area contributed by atoms with Crippen molar-refractivity contribution in [2.24, 2.45) is 0 Å². The van der Waals surface area contributed by atoms with Gasteiger partial charge in [0.05, 0.1) is 7.11 Å². The number of Topliss-reactive ketones (excluding diaryl/α,β-unsaturated/α-hetero) is 1. The second-order valence-corrected chi connectivity index (χ2v) is 7.30. The van der Waals surface area contributed by atoms with E-state index in [1.165, 1.54) is 11.8 Å². The number of hydrogen-bond acceptors (Lipinski definition) is 6. The Morgan fingerprint density at radius 1 is 0.897 bits per heavy atom. The Morgan fingerprint density at radius 3 is 2.21 bits per heavy atom. The molecule has 1 heterocycles. The van der Waals surface area contributed by atoms with E-state index in [-0.39, 0.29) is 5.78 Å². The van der Waals surface area contributed by atoms with Gasteiger partial charge in [-0.1, -0.05) is 60.7 Å². The third-order valence-electron chi connectivity index (χ3n) is 4.36. The molecule has 0 aliphatic rings. The molecule has 0 amide bonds. The molecule has 0 saturated heterocycles. The SMILES string of the molecule is COc1ccc(-c2nnc(SC(C(=O)c3ccccc3)c3ccccc3)o2)cc1. The molecule has 1 unspecified atom stereocenters. The van der Waals surface area contributed by atoms with E-state index >= 15 is 0 Å². The van der Waals surface area contributed by atoms with Crippen LogP contribution in [0.2, 0.25) is 0 Å². The molecule has 4 aromatic rings. The third kappa shape index (κ3) is 4.38. The van der Waals surface area contributed by atoms with Gasteiger partial charge in [-0.25, -0.2) is 0 Å². The molecule has 1 atom stereocenters. The summed E-state index contributed by atoms with van der Waals surface area (Å²) in [5.74, 6) is 1.14. The Kier molecular flexibility index (Phi) is 5.72. The Morgan fingerprint density at radius 2 is 1.55 bits per heavy atom. The smallest absolute Gasteiger partial charge is 0.277 e. The molecule has 0 bridgehead atoms. The van der Waals surface area contributed by atoms with E-state index in [2.05, 4.69) is 10.2 Å². The van der Waals surface area contributed by atoms with Crippen molar-refractivity contribution in [3.05, 3.63) is 96.1 Å². The summed E-state index contributed by atoms with van der Waals surface area (Å²) in [6, 6.07) is 26.2. The summed E-state index contributed by atoms with van der Waals surface area (Å²) in [5.41, 5.74) is 2.31. The minimum atomic E-state index is -0.484. The maximum atomic E-state index is 13.2. The fourth-order valence-corrected chi connectivity index (χ4v) is 3.82. The highest BCUT2D eigenvalue weighted by atomic mass is 32.2. The van der Waals surface area contributed by atoms with Gasteiger partial charge in [-0.3, -0.25) is 4.79 Å². The molecule has 5 nitrogen and oxygen atoms in total. The first kappa shape index (κ1) is 19.0. The summed E-state index contributed by atoms with van der Waals surface area (Å²) in [6.45, 7) is 0. The predicted octanol–water partition coefficient (Wildman–Crippen LogP) is 5.46. The van der Waals surface area contributed by atoms with E-state index in [1.807, 2.05) is 84.9 Å². The normalized spacial score (nSPS) is 11.8. The Balaban J connectivity index is 1.61. The lowest BCUT2D eigenvalue weighted by atomic mass is 10.0.